The molecule has 0 amide bonds. The molecule has 3 aliphatic heterocycles. The van der Waals surface area contributed by atoms with E-state index in [1.807, 2.05) is 6.92 Å². The van der Waals surface area contributed by atoms with Crippen LogP contribution in [0.4, 0.5) is 14.7 Å². The molecular weight excluding hydrogens is 404 g/mol. The number of aliphatic imine (C=N–C) groups is 1. The van der Waals surface area contributed by atoms with E-state index >= 15 is 0 Å². The lowest BCUT2D eigenvalue weighted by Gasteiger charge is -2.41. The number of piperidine rings is 1. The number of benzene rings is 1. The lowest BCUT2D eigenvalue weighted by molar-refractivity contribution is 0.0973. The van der Waals surface area contributed by atoms with Crippen molar-refractivity contribution in [2.75, 3.05) is 24.6 Å². The minimum atomic E-state index is -0.972. The summed E-state index contributed by atoms with van der Waals surface area (Å²) in [5.41, 5.74) is 7.79. The van der Waals surface area contributed by atoms with Gasteiger partial charge in [-0.1, -0.05) is 0 Å². The summed E-state index contributed by atoms with van der Waals surface area (Å²) in [5.74, 6) is -1.31. The molecule has 4 heterocycles. The molecule has 1 aromatic heterocycles. The van der Waals surface area contributed by atoms with E-state index in [1.54, 1.807) is 7.05 Å². The molecule has 2 aromatic rings. The number of anilines is 1. The average molecular weight is 429 g/mol. The molecule has 31 heavy (non-hydrogen) atoms. The third kappa shape index (κ3) is 3.10. The number of halogens is 2. The minimum Gasteiger partial charge on any atom is -0.376 e. The lowest BCUT2D eigenvalue weighted by atomic mass is 9.73. The summed E-state index contributed by atoms with van der Waals surface area (Å²) >= 11 is 0. The van der Waals surface area contributed by atoms with Crippen molar-refractivity contribution in [3.63, 3.8) is 0 Å². The maximum Gasteiger partial charge on any atom is 0.264 e. The molecule has 0 unspecified atom stereocenters. The Morgan fingerprint density at radius 2 is 1.97 bits per heavy atom. The van der Waals surface area contributed by atoms with Crippen LogP contribution in [0.5, 0.6) is 0 Å². The predicted octanol–water partition coefficient (Wildman–Crippen LogP) is 1.74. The highest BCUT2D eigenvalue weighted by molar-refractivity contribution is 6.14. The van der Waals surface area contributed by atoms with Gasteiger partial charge in [-0.2, -0.15) is 0 Å². The van der Waals surface area contributed by atoms with Gasteiger partial charge in [0.1, 0.15) is 0 Å². The Bertz CT molecular complexity index is 1140. The first-order chi connectivity index (χ1) is 14.8. The molecule has 2 saturated heterocycles. The topological polar surface area (TPSA) is 85.7 Å². The van der Waals surface area contributed by atoms with E-state index in [4.69, 9.17) is 15.5 Å². The summed E-state index contributed by atoms with van der Waals surface area (Å²) in [4.78, 5) is 24.5. The van der Waals surface area contributed by atoms with E-state index < -0.39 is 11.6 Å². The molecule has 2 fully saturated rings. The number of ether oxygens (including phenoxy) is 1. The van der Waals surface area contributed by atoms with Gasteiger partial charge in [-0.05, 0) is 38.0 Å². The molecule has 0 radical (unpaired) electrons. The fourth-order valence-corrected chi connectivity index (χ4v) is 5.01. The molecule has 0 saturated carbocycles. The smallest absolute Gasteiger partial charge is 0.264 e. The minimum absolute atomic E-state index is 0.0125. The van der Waals surface area contributed by atoms with Gasteiger partial charge in [0.25, 0.3) is 5.56 Å². The van der Waals surface area contributed by atoms with Crippen LogP contribution < -0.4 is 16.2 Å². The molecule has 1 aromatic carbocycles. The highest BCUT2D eigenvalue weighted by atomic mass is 19.2. The third-order valence-corrected chi connectivity index (χ3v) is 7.05. The van der Waals surface area contributed by atoms with Gasteiger partial charge in [-0.15, -0.1) is 0 Å². The Labute approximate surface area is 178 Å². The van der Waals surface area contributed by atoms with Crippen molar-refractivity contribution >= 4 is 11.7 Å². The fraction of sp³-hybridized carbons (Fsp3) is 0.500. The summed E-state index contributed by atoms with van der Waals surface area (Å²) in [6, 6.07) is 3.55. The number of hydrogen-bond acceptors (Lipinski definition) is 6. The van der Waals surface area contributed by atoms with Crippen LogP contribution in [0.15, 0.2) is 28.0 Å². The van der Waals surface area contributed by atoms with Crippen molar-refractivity contribution in [2.24, 2.45) is 23.2 Å². The van der Waals surface area contributed by atoms with Gasteiger partial charge in [0.15, 0.2) is 11.6 Å². The van der Waals surface area contributed by atoms with E-state index in [9.17, 15) is 13.6 Å². The highest BCUT2D eigenvalue weighted by Crippen LogP contribution is 2.41. The van der Waals surface area contributed by atoms with Gasteiger partial charge in [0.2, 0.25) is 5.95 Å². The second kappa shape index (κ2) is 7.20. The van der Waals surface area contributed by atoms with Crippen LogP contribution in [0.1, 0.15) is 36.6 Å². The van der Waals surface area contributed by atoms with Crippen molar-refractivity contribution in [1.82, 2.24) is 9.55 Å². The maximum absolute atomic E-state index is 13.7. The standard InChI is InChI=1S/C22H25F2N5O2/c1-12-19(25)22(11-31-12)5-7-29(8-6-22)21-27-16-10-26-18(17(16)20(30)28(21)2)13-3-4-14(23)15(24)9-13/h3-4,9,12,19H,5-8,10-11,25H2,1-2H3/t12-,19+/m0/s1. The third-order valence-electron chi connectivity index (χ3n) is 7.05. The van der Waals surface area contributed by atoms with Crippen molar-refractivity contribution in [1.29, 1.82) is 0 Å². The predicted molar refractivity (Wildman–Crippen MR) is 112 cm³/mol. The van der Waals surface area contributed by atoms with E-state index in [0.717, 1.165) is 38.1 Å². The zero-order valence-corrected chi connectivity index (χ0v) is 17.6. The van der Waals surface area contributed by atoms with Crippen LogP contribution in [0.25, 0.3) is 0 Å². The maximum atomic E-state index is 13.7. The van der Waals surface area contributed by atoms with E-state index in [-0.39, 0.29) is 29.7 Å². The zero-order chi connectivity index (χ0) is 21.9. The van der Waals surface area contributed by atoms with Crippen LogP contribution in [0.2, 0.25) is 0 Å². The summed E-state index contributed by atoms with van der Waals surface area (Å²) in [7, 11) is 1.68. The Kier molecular flexibility index (Phi) is 4.71. The quantitative estimate of drug-likeness (QED) is 0.786. The molecular formula is C22H25F2N5O2. The first-order valence-corrected chi connectivity index (χ1v) is 10.5. The highest BCUT2D eigenvalue weighted by Gasteiger charge is 2.48. The van der Waals surface area contributed by atoms with Crippen molar-refractivity contribution in [3.05, 3.63) is 57.0 Å². The van der Waals surface area contributed by atoms with Gasteiger partial charge < -0.3 is 15.4 Å². The van der Waals surface area contributed by atoms with Crippen LogP contribution in [-0.4, -0.2) is 47.1 Å². The first-order valence-electron chi connectivity index (χ1n) is 10.5. The molecule has 9 heteroatoms. The normalized spacial score (nSPS) is 24.5. The number of nitrogens with two attached hydrogens (primary N) is 1. The molecule has 5 rings (SSSR count). The van der Waals surface area contributed by atoms with Crippen molar-refractivity contribution in [3.8, 4) is 0 Å². The van der Waals surface area contributed by atoms with E-state index in [2.05, 4.69) is 9.89 Å². The molecule has 2 N–H and O–H groups in total. The first kappa shape index (κ1) is 20.3. The summed E-state index contributed by atoms with van der Waals surface area (Å²) in [6.07, 6.45) is 1.81. The number of aromatic nitrogens is 2. The summed E-state index contributed by atoms with van der Waals surface area (Å²) in [5, 5.41) is 0. The SMILES string of the molecule is C[C@@H]1OCC2(CCN(c3nc4c(c(=O)n3C)C(c3ccc(F)c(F)c3)=NC4)CC2)[C@@H]1N. The summed E-state index contributed by atoms with van der Waals surface area (Å²) in [6.45, 7) is 4.40. The fourth-order valence-electron chi connectivity index (χ4n) is 5.01. The van der Waals surface area contributed by atoms with Crippen LogP contribution in [-0.2, 0) is 18.3 Å². The number of nitrogens with zero attached hydrogens (tertiary/aromatic N) is 4. The Hall–Kier alpha value is -2.65. The van der Waals surface area contributed by atoms with Gasteiger partial charge in [0.05, 0.1) is 36.2 Å². The number of hydrogen-bond donors (Lipinski definition) is 1. The molecule has 7 nitrogen and oxygen atoms in total. The van der Waals surface area contributed by atoms with Crippen molar-refractivity contribution < 1.29 is 13.5 Å². The lowest BCUT2D eigenvalue weighted by Crippen LogP contribution is -2.51. The molecule has 0 bridgehead atoms. The van der Waals surface area contributed by atoms with Crippen LogP contribution in [0.3, 0.4) is 0 Å². The van der Waals surface area contributed by atoms with Gasteiger partial charge >= 0.3 is 0 Å². The number of rotatable bonds is 2. The van der Waals surface area contributed by atoms with E-state index in [0.29, 0.717) is 35.1 Å². The Morgan fingerprint density at radius 3 is 2.61 bits per heavy atom. The molecule has 0 aliphatic carbocycles. The van der Waals surface area contributed by atoms with Gasteiger partial charge in [-0.3, -0.25) is 14.4 Å². The molecule has 1 spiro atoms. The number of fused-ring (bicyclic) bond motifs is 1. The second-order valence-corrected chi connectivity index (χ2v) is 8.78. The largest absolute Gasteiger partial charge is 0.376 e. The van der Waals surface area contributed by atoms with Gasteiger partial charge in [-0.25, -0.2) is 13.8 Å². The molecule has 164 valence electrons. The Balaban J connectivity index is 1.43. The van der Waals surface area contributed by atoms with Gasteiger partial charge in [0, 0.05) is 37.2 Å². The second-order valence-electron chi connectivity index (χ2n) is 8.78. The molecule has 3 aliphatic rings. The summed E-state index contributed by atoms with van der Waals surface area (Å²) < 4.78 is 34.4. The van der Waals surface area contributed by atoms with Crippen molar-refractivity contribution in [2.45, 2.75) is 38.5 Å². The molecule has 2 atom stereocenters. The Morgan fingerprint density at radius 1 is 1.23 bits per heavy atom. The monoisotopic (exact) mass is 429 g/mol. The van der Waals surface area contributed by atoms with E-state index in [1.165, 1.54) is 10.6 Å². The van der Waals surface area contributed by atoms with Crippen LogP contribution in [0, 0.1) is 17.0 Å². The average Bonchev–Trinajstić information content (AvgIpc) is 3.31. The van der Waals surface area contributed by atoms with Crippen LogP contribution >= 0.6 is 0 Å². The zero-order valence-electron chi connectivity index (χ0n) is 17.6.